The lowest BCUT2D eigenvalue weighted by molar-refractivity contribution is -0.385. The second-order valence-electron chi connectivity index (χ2n) is 10.2. The summed E-state index contributed by atoms with van der Waals surface area (Å²) in [5, 5.41) is 9.53. The molecule has 0 amide bonds. The van der Waals surface area contributed by atoms with Crippen molar-refractivity contribution in [1.29, 1.82) is 0 Å². The Morgan fingerprint density at radius 3 is 2.04 bits per heavy atom. The van der Waals surface area contributed by atoms with Crippen molar-refractivity contribution in [1.82, 2.24) is 0 Å². The Morgan fingerprint density at radius 1 is 0.808 bits per heavy atom. The van der Waals surface area contributed by atoms with E-state index in [1.165, 1.54) is 50.5 Å². The van der Waals surface area contributed by atoms with E-state index in [2.05, 4.69) is 12.1 Å². The van der Waals surface area contributed by atoms with Crippen LogP contribution in [-0.4, -0.2) is 16.3 Å². The Balaban J connectivity index is 1.18. The molecule has 3 nitrogen and oxygen atoms in total. The van der Waals surface area contributed by atoms with Crippen molar-refractivity contribution in [3.63, 3.8) is 0 Å². The van der Waals surface area contributed by atoms with E-state index >= 15 is 0 Å². The monoisotopic (exact) mass is 354 g/mol. The van der Waals surface area contributed by atoms with Crippen LogP contribution in [0.3, 0.4) is 0 Å². The fraction of sp³-hybridized carbons (Fsp3) is 0.739. The lowest BCUT2D eigenvalue weighted by Gasteiger charge is -2.58. The van der Waals surface area contributed by atoms with E-state index in [0.717, 1.165) is 42.9 Å². The first-order valence-electron chi connectivity index (χ1n) is 10.8. The molecule has 1 aromatic rings. The molecule has 26 heavy (non-hydrogen) atoms. The van der Waals surface area contributed by atoms with Crippen LogP contribution >= 0.6 is 0 Å². The van der Waals surface area contributed by atoms with Gasteiger partial charge < -0.3 is 5.11 Å². The lowest BCUT2D eigenvalue weighted by Crippen LogP contribution is -2.58. The minimum Gasteiger partial charge on any atom is -0.508 e. The predicted molar refractivity (Wildman–Crippen MR) is 98.6 cm³/mol. The SMILES string of the molecule is Oc1ccc([C@H]2CC[C@@]3(CC2)CC2(OO3)C3CC4CC(C3)CC2C4)cc1. The molecule has 2 spiro atoms. The number of aromatic hydroxyl groups is 1. The topological polar surface area (TPSA) is 38.7 Å². The van der Waals surface area contributed by atoms with Crippen molar-refractivity contribution in [3.05, 3.63) is 29.8 Å². The molecule has 5 saturated carbocycles. The molecule has 140 valence electrons. The largest absolute Gasteiger partial charge is 0.508 e. The Morgan fingerprint density at radius 2 is 1.42 bits per heavy atom. The average Bonchev–Trinajstić information content (AvgIpc) is 3.01. The van der Waals surface area contributed by atoms with Gasteiger partial charge in [0.1, 0.15) is 17.0 Å². The summed E-state index contributed by atoms with van der Waals surface area (Å²) >= 11 is 0. The molecule has 4 bridgehead atoms. The number of benzene rings is 1. The van der Waals surface area contributed by atoms with Crippen LogP contribution in [0.1, 0.15) is 75.7 Å². The Bertz CT molecular complexity index is 658. The van der Waals surface area contributed by atoms with E-state index < -0.39 is 0 Å². The summed E-state index contributed by atoms with van der Waals surface area (Å²) in [5.74, 6) is 4.43. The molecule has 0 unspecified atom stereocenters. The summed E-state index contributed by atoms with van der Waals surface area (Å²) in [6, 6.07) is 7.81. The number of rotatable bonds is 1. The summed E-state index contributed by atoms with van der Waals surface area (Å²) in [6.45, 7) is 0. The van der Waals surface area contributed by atoms with Crippen molar-refractivity contribution in [2.45, 2.75) is 81.3 Å². The van der Waals surface area contributed by atoms with Crippen molar-refractivity contribution in [3.8, 4) is 5.75 Å². The zero-order valence-corrected chi connectivity index (χ0v) is 15.5. The minimum atomic E-state index is -0.0250. The second kappa shape index (κ2) is 5.48. The maximum absolute atomic E-state index is 9.53. The molecule has 0 aromatic heterocycles. The molecular formula is C23H30O3. The highest BCUT2D eigenvalue weighted by atomic mass is 17.2. The molecular weight excluding hydrogens is 324 g/mol. The summed E-state index contributed by atoms with van der Waals surface area (Å²) in [5.41, 5.74) is 1.39. The van der Waals surface area contributed by atoms with Crippen LogP contribution in [0.15, 0.2) is 24.3 Å². The van der Waals surface area contributed by atoms with Gasteiger partial charge in [-0.3, -0.25) is 0 Å². The normalized spacial score (nSPS) is 49.3. The van der Waals surface area contributed by atoms with Crippen molar-refractivity contribution in [2.24, 2.45) is 23.7 Å². The fourth-order valence-corrected chi connectivity index (χ4v) is 7.62. The molecule has 0 atom stereocenters. The highest BCUT2D eigenvalue weighted by Crippen LogP contribution is 2.65. The third-order valence-electron chi connectivity index (χ3n) is 8.75. The third kappa shape index (κ3) is 2.26. The van der Waals surface area contributed by atoms with Crippen LogP contribution in [0.25, 0.3) is 0 Å². The van der Waals surface area contributed by atoms with Gasteiger partial charge in [0, 0.05) is 6.42 Å². The van der Waals surface area contributed by atoms with Gasteiger partial charge in [0.05, 0.1) is 0 Å². The molecule has 0 radical (unpaired) electrons. The molecule has 3 heteroatoms. The standard InChI is InChI=1S/C23H30O3/c24-21-3-1-17(2-4-21)18-5-7-22(8-6-18)14-23(26-25-22)19-10-15-9-16(12-19)13-20(23)11-15/h1-4,15-16,18-20,24H,5-14H2/t15?,16?,18-,19?,20?,22+,23?. The number of hydrogen-bond donors (Lipinski definition) is 1. The highest BCUT2D eigenvalue weighted by Gasteiger charge is 2.65. The zero-order chi connectivity index (χ0) is 17.4. The molecule has 5 aliphatic carbocycles. The first kappa shape index (κ1) is 15.9. The van der Waals surface area contributed by atoms with Gasteiger partial charge >= 0.3 is 0 Å². The first-order valence-corrected chi connectivity index (χ1v) is 10.8. The quantitative estimate of drug-likeness (QED) is 0.692. The van der Waals surface area contributed by atoms with Crippen LogP contribution in [0.5, 0.6) is 5.75 Å². The Labute approximate surface area is 156 Å². The van der Waals surface area contributed by atoms with E-state index in [9.17, 15) is 5.11 Å². The summed E-state index contributed by atoms with van der Waals surface area (Å²) in [7, 11) is 0. The summed E-state index contributed by atoms with van der Waals surface area (Å²) in [4.78, 5) is 12.6. The fourth-order valence-electron chi connectivity index (χ4n) is 7.62. The van der Waals surface area contributed by atoms with Gasteiger partial charge in [-0.2, -0.15) is 0 Å². The molecule has 6 fully saturated rings. The second-order valence-corrected chi connectivity index (χ2v) is 10.2. The predicted octanol–water partition coefficient (Wildman–Crippen LogP) is 5.34. The number of phenolic OH excluding ortho intramolecular Hbond substituents is 1. The van der Waals surface area contributed by atoms with Gasteiger partial charge in [0.15, 0.2) is 0 Å². The zero-order valence-electron chi connectivity index (χ0n) is 15.5. The van der Waals surface area contributed by atoms with Gasteiger partial charge in [-0.1, -0.05) is 12.1 Å². The average molecular weight is 354 g/mol. The van der Waals surface area contributed by atoms with Crippen molar-refractivity contribution in [2.75, 3.05) is 0 Å². The van der Waals surface area contributed by atoms with Crippen molar-refractivity contribution >= 4 is 0 Å². The Kier molecular flexibility index (Phi) is 3.36. The van der Waals surface area contributed by atoms with Crippen LogP contribution in [-0.2, 0) is 9.78 Å². The molecule has 1 aromatic carbocycles. The maximum Gasteiger partial charge on any atom is 0.115 e. The third-order valence-corrected chi connectivity index (χ3v) is 8.75. The smallest absolute Gasteiger partial charge is 0.115 e. The van der Waals surface area contributed by atoms with E-state index in [1.54, 1.807) is 0 Å². The van der Waals surface area contributed by atoms with Crippen LogP contribution in [0.4, 0.5) is 0 Å². The summed E-state index contributed by atoms with van der Waals surface area (Å²) in [6.07, 6.45) is 12.8. The molecule has 1 saturated heterocycles. The molecule has 1 aliphatic heterocycles. The Hall–Kier alpha value is -1.06. The minimum absolute atomic E-state index is 0.0250. The van der Waals surface area contributed by atoms with Crippen LogP contribution in [0.2, 0.25) is 0 Å². The van der Waals surface area contributed by atoms with Gasteiger partial charge in [-0.15, -0.1) is 0 Å². The van der Waals surface area contributed by atoms with E-state index in [4.69, 9.17) is 9.78 Å². The maximum atomic E-state index is 9.53. The number of hydrogen-bond acceptors (Lipinski definition) is 3. The van der Waals surface area contributed by atoms with Crippen LogP contribution in [0, 0.1) is 23.7 Å². The van der Waals surface area contributed by atoms with Gasteiger partial charge in [-0.05, 0) is 105 Å². The lowest BCUT2D eigenvalue weighted by atomic mass is 9.48. The van der Waals surface area contributed by atoms with Crippen LogP contribution < -0.4 is 0 Å². The molecule has 1 N–H and O–H groups in total. The first-order chi connectivity index (χ1) is 12.6. The molecule has 7 rings (SSSR count). The van der Waals surface area contributed by atoms with E-state index in [0.29, 0.717) is 11.7 Å². The highest BCUT2D eigenvalue weighted by molar-refractivity contribution is 5.29. The van der Waals surface area contributed by atoms with Crippen molar-refractivity contribution < 1.29 is 14.9 Å². The van der Waals surface area contributed by atoms with E-state index in [-0.39, 0.29) is 11.2 Å². The molecule has 6 aliphatic rings. The molecule has 1 heterocycles. The van der Waals surface area contributed by atoms with Gasteiger partial charge in [0.25, 0.3) is 0 Å². The van der Waals surface area contributed by atoms with E-state index in [1.807, 2.05) is 12.1 Å². The van der Waals surface area contributed by atoms with Gasteiger partial charge in [0.2, 0.25) is 0 Å². The number of phenols is 1. The van der Waals surface area contributed by atoms with Gasteiger partial charge in [-0.25, -0.2) is 9.78 Å². The summed E-state index contributed by atoms with van der Waals surface area (Å²) < 4.78 is 0.